The molecule has 3 heterocycles. The van der Waals surface area contributed by atoms with Gasteiger partial charge in [0.2, 0.25) is 11.8 Å². The molecule has 0 radical (unpaired) electrons. The van der Waals surface area contributed by atoms with Crippen LogP contribution in [0.15, 0.2) is 48.7 Å². The molecule has 2 fully saturated rings. The normalized spacial score (nSPS) is 19.4. The van der Waals surface area contributed by atoms with Crippen molar-refractivity contribution in [2.24, 2.45) is 5.92 Å². The summed E-state index contributed by atoms with van der Waals surface area (Å²) in [6.45, 7) is 5.79. The number of hydrogen-bond donors (Lipinski definition) is 0. The van der Waals surface area contributed by atoms with Gasteiger partial charge >= 0.3 is 0 Å². The van der Waals surface area contributed by atoms with Crippen molar-refractivity contribution in [3.05, 3.63) is 59.8 Å². The number of ether oxygens (including phenoxy) is 1. The number of piperidine rings is 1. The van der Waals surface area contributed by atoms with Crippen molar-refractivity contribution in [1.82, 2.24) is 19.7 Å². The molecule has 4 rings (SSSR count). The first-order valence-electron chi connectivity index (χ1n) is 12.0. The number of benzene rings is 1. The molecule has 0 aliphatic carbocycles. The van der Waals surface area contributed by atoms with Gasteiger partial charge in [0.1, 0.15) is 5.56 Å². The van der Waals surface area contributed by atoms with Gasteiger partial charge in [0.25, 0.3) is 5.91 Å². The van der Waals surface area contributed by atoms with Gasteiger partial charge in [0.15, 0.2) is 0 Å². The predicted octanol–water partition coefficient (Wildman–Crippen LogP) is 3.07. The van der Waals surface area contributed by atoms with Crippen molar-refractivity contribution in [2.45, 2.75) is 32.2 Å². The monoisotopic (exact) mass is 450 g/mol. The molecule has 33 heavy (non-hydrogen) atoms. The van der Waals surface area contributed by atoms with E-state index in [1.54, 1.807) is 18.3 Å². The third-order valence-electron chi connectivity index (χ3n) is 6.74. The Balaban J connectivity index is 1.22. The molecule has 0 bridgehead atoms. The van der Waals surface area contributed by atoms with Crippen LogP contribution in [0, 0.1) is 5.92 Å². The first kappa shape index (κ1) is 23.2. The smallest absolute Gasteiger partial charge is 0.259 e. The topological polar surface area (TPSA) is 66.0 Å². The number of piperazine rings is 1. The summed E-state index contributed by atoms with van der Waals surface area (Å²) in [5.41, 5.74) is 1.82. The molecule has 0 N–H and O–H groups in total. The number of amides is 2. The van der Waals surface area contributed by atoms with Crippen LogP contribution in [0.2, 0.25) is 0 Å². The molecule has 2 amide bonds. The standard InChI is InChI=1S/C26H34N4O3/c1-33-25-23(10-5-13-27-25)26(32)30-14-6-9-22(20-30)11-12-24(31)29-17-15-28(16-18-29)19-21-7-3-2-4-8-21/h2-5,7-8,10,13,22H,6,9,11-12,14-20H2,1H3/t22-/m0/s1. The summed E-state index contributed by atoms with van der Waals surface area (Å²) in [5, 5.41) is 0. The highest BCUT2D eigenvalue weighted by Gasteiger charge is 2.28. The molecule has 0 spiro atoms. The van der Waals surface area contributed by atoms with Crippen LogP contribution >= 0.6 is 0 Å². The second-order valence-electron chi connectivity index (χ2n) is 9.00. The zero-order valence-electron chi connectivity index (χ0n) is 19.5. The van der Waals surface area contributed by atoms with E-state index in [1.165, 1.54) is 12.7 Å². The molecule has 1 aromatic carbocycles. The fourth-order valence-corrected chi connectivity index (χ4v) is 4.85. The Kier molecular flexibility index (Phi) is 7.94. The van der Waals surface area contributed by atoms with Crippen LogP contribution in [0.25, 0.3) is 0 Å². The number of likely N-dealkylation sites (tertiary alicyclic amines) is 1. The molecular weight excluding hydrogens is 416 g/mol. The molecule has 0 saturated carbocycles. The van der Waals surface area contributed by atoms with Gasteiger partial charge in [0.05, 0.1) is 7.11 Å². The van der Waals surface area contributed by atoms with Crippen LogP contribution in [0.3, 0.4) is 0 Å². The van der Waals surface area contributed by atoms with Gasteiger partial charge in [-0.2, -0.15) is 0 Å². The lowest BCUT2D eigenvalue weighted by Gasteiger charge is -2.36. The van der Waals surface area contributed by atoms with E-state index in [-0.39, 0.29) is 11.8 Å². The third kappa shape index (κ3) is 6.11. The van der Waals surface area contributed by atoms with Crippen molar-refractivity contribution < 1.29 is 14.3 Å². The summed E-state index contributed by atoms with van der Waals surface area (Å²) in [5.74, 6) is 0.928. The van der Waals surface area contributed by atoms with Gasteiger partial charge in [-0.25, -0.2) is 4.98 Å². The zero-order chi connectivity index (χ0) is 23.0. The van der Waals surface area contributed by atoms with E-state index in [1.807, 2.05) is 15.9 Å². The minimum Gasteiger partial charge on any atom is -0.480 e. The minimum absolute atomic E-state index is 0.0366. The summed E-state index contributed by atoms with van der Waals surface area (Å²) < 4.78 is 5.26. The van der Waals surface area contributed by atoms with Crippen LogP contribution in [0.1, 0.15) is 41.6 Å². The number of aromatic nitrogens is 1. The van der Waals surface area contributed by atoms with Crippen LogP contribution in [-0.4, -0.2) is 77.9 Å². The van der Waals surface area contributed by atoms with Gasteiger partial charge in [-0.15, -0.1) is 0 Å². The Morgan fingerprint density at radius 3 is 2.55 bits per heavy atom. The SMILES string of the molecule is COc1ncccc1C(=O)N1CCC[C@@H](CCC(=O)N2CCN(Cc3ccccc3)CC2)C1. The van der Waals surface area contributed by atoms with Crippen LogP contribution in [-0.2, 0) is 11.3 Å². The van der Waals surface area contributed by atoms with Crippen molar-refractivity contribution >= 4 is 11.8 Å². The molecule has 2 aliphatic heterocycles. The molecule has 7 heteroatoms. The Morgan fingerprint density at radius 2 is 1.79 bits per heavy atom. The average molecular weight is 451 g/mol. The van der Waals surface area contributed by atoms with Crippen molar-refractivity contribution in [1.29, 1.82) is 0 Å². The summed E-state index contributed by atoms with van der Waals surface area (Å²) in [4.78, 5) is 36.3. The predicted molar refractivity (Wildman–Crippen MR) is 127 cm³/mol. The largest absolute Gasteiger partial charge is 0.480 e. The Bertz CT molecular complexity index is 928. The molecular formula is C26H34N4O3. The first-order chi connectivity index (χ1) is 16.1. The number of methoxy groups -OCH3 is 1. The number of carbonyl (C=O) groups excluding carboxylic acids is 2. The fourth-order valence-electron chi connectivity index (χ4n) is 4.85. The number of carbonyl (C=O) groups is 2. The Hall–Kier alpha value is -2.93. The van der Waals surface area contributed by atoms with E-state index < -0.39 is 0 Å². The number of pyridine rings is 1. The molecule has 7 nitrogen and oxygen atoms in total. The molecule has 2 aromatic rings. The van der Waals surface area contributed by atoms with E-state index in [2.05, 4.69) is 34.1 Å². The second-order valence-corrected chi connectivity index (χ2v) is 9.00. The fraction of sp³-hybridized carbons (Fsp3) is 0.500. The highest BCUT2D eigenvalue weighted by molar-refractivity contribution is 5.96. The van der Waals surface area contributed by atoms with Gasteiger partial charge < -0.3 is 14.5 Å². The van der Waals surface area contributed by atoms with E-state index >= 15 is 0 Å². The van der Waals surface area contributed by atoms with Gasteiger partial charge in [-0.1, -0.05) is 30.3 Å². The summed E-state index contributed by atoms with van der Waals surface area (Å²) in [6, 6.07) is 14.0. The Morgan fingerprint density at radius 1 is 1.00 bits per heavy atom. The zero-order valence-corrected chi connectivity index (χ0v) is 19.5. The Labute approximate surface area is 196 Å². The number of nitrogens with zero attached hydrogens (tertiary/aromatic N) is 4. The lowest BCUT2D eigenvalue weighted by molar-refractivity contribution is -0.133. The average Bonchev–Trinajstić information content (AvgIpc) is 2.88. The lowest BCUT2D eigenvalue weighted by Crippen LogP contribution is -2.48. The van der Waals surface area contributed by atoms with Crippen LogP contribution in [0.5, 0.6) is 5.88 Å². The van der Waals surface area contributed by atoms with Crippen molar-refractivity contribution in [3.8, 4) is 5.88 Å². The van der Waals surface area contributed by atoms with E-state index in [4.69, 9.17) is 4.74 Å². The second kappa shape index (κ2) is 11.3. The van der Waals surface area contributed by atoms with Crippen molar-refractivity contribution in [3.63, 3.8) is 0 Å². The van der Waals surface area contributed by atoms with E-state index in [0.29, 0.717) is 30.3 Å². The quantitative estimate of drug-likeness (QED) is 0.649. The highest BCUT2D eigenvalue weighted by atomic mass is 16.5. The maximum absolute atomic E-state index is 13.0. The number of hydrogen-bond acceptors (Lipinski definition) is 5. The third-order valence-corrected chi connectivity index (χ3v) is 6.74. The molecule has 1 atom stereocenters. The van der Waals surface area contributed by atoms with E-state index in [0.717, 1.165) is 58.5 Å². The van der Waals surface area contributed by atoms with Crippen LogP contribution < -0.4 is 4.74 Å². The first-order valence-corrected chi connectivity index (χ1v) is 12.0. The minimum atomic E-state index is -0.0366. The molecule has 2 saturated heterocycles. The van der Waals surface area contributed by atoms with Gasteiger partial charge in [-0.3, -0.25) is 14.5 Å². The maximum atomic E-state index is 13.0. The van der Waals surface area contributed by atoms with Gasteiger partial charge in [0, 0.05) is 58.4 Å². The van der Waals surface area contributed by atoms with Gasteiger partial charge in [-0.05, 0) is 42.9 Å². The van der Waals surface area contributed by atoms with Crippen molar-refractivity contribution in [2.75, 3.05) is 46.4 Å². The summed E-state index contributed by atoms with van der Waals surface area (Å²) in [6.07, 6.45) is 5.04. The molecule has 176 valence electrons. The molecule has 2 aliphatic rings. The lowest BCUT2D eigenvalue weighted by atomic mass is 9.92. The molecule has 1 aromatic heterocycles. The summed E-state index contributed by atoms with van der Waals surface area (Å²) in [7, 11) is 1.53. The highest BCUT2D eigenvalue weighted by Crippen LogP contribution is 2.25. The molecule has 0 unspecified atom stereocenters. The maximum Gasteiger partial charge on any atom is 0.259 e. The van der Waals surface area contributed by atoms with Crippen LogP contribution in [0.4, 0.5) is 0 Å². The number of rotatable bonds is 7. The van der Waals surface area contributed by atoms with E-state index in [9.17, 15) is 9.59 Å². The summed E-state index contributed by atoms with van der Waals surface area (Å²) >= 11 is 0.